The predicted octanol–water partition coefficient (Wildman–Crippen LogP) is 7.68. The first-order valence-electron chi connectivity index (χ1n) is 12.7. The largest absolute Gasteiger partial charge is 0.493 e. The standard InChI is InChI=1S/C29H30Cl2N2O4S/c1-5-29(2,3)16-7-9-19-23(13-16)38-27-24(19)26(34)32-25(33-27)15-6-11-21(22(12-15)36-4)37-28(35)18-10-8-17(30)14-20(18)31/h6,8,10-12,14,16,25,33H,5,7,9,13H2,1-4H3,(H,32,34)/t16-,25+/m0/s1. The molecule has 0 radical (unpaired) electrons. The first kappa shape index (κ1) is 26.9. The summed E-state index contributed by atoms with van der Waals surface area (Å²) in [5.74, 6) is 0.520. The number of thiophene rings is 1. The van der Waals surface area contributed by atoms with Crippen LogP contribution in [0.3, 0.4) is 0 Å². The molecular formula is C29H30Cl2N2O4S. The van der Waals surface area contributed by atoms with Gasteiger partial charge in [0, 0.05) is 9.90 Å². The van der Waals surface area contributed by atoms with Crippen molar-refractivity contribution in [2.75, 3.05) is 12.4 Å². The fourth-order valence-corrected chi connectivity index (χ4v) is 7.02. The molecular weight excluding hydrogens is 543 g/mol. The number of hydrogen-bond donors (Lipinski definition) is 2. The van der Waals surface area contributed by atoms with Crippen LogP contribution in [0.4, 0.5) is 5.00 Å². The molecule has 1 amide bonds. The highest BCUT2D eigenvalue weighted by molar-refractivity contribution is 7.16. The Kier molecular flexibility index (Phi) is 7.37. The van der Waals surface area contributed by atoms with Gasteiger partial charge in [0.25, 0.3) is 5.91 Å². The number of nitrogens with one attached hydrogen (secondary N) is 2. The minimum absolute atomic E-state index is 0.0682. The zero-order valence-corrected chi connectivity index (χ0v) is 24.1. The van der Waals surface area contributed by atoms with Crippen molar-refractivity contribution < 1.29 is 19.1 Å². The van der Waals surface area contributed by atoms with Crippen molar-refractivity contribution in [3.8, 4) is 11.5 Å². The molecule has 0 spiro atoms. The lowest BCUT2D eigenvalue weighted by Gasteiger charge is -2.36. The van der Waals surface area contributed by atoms with E-state index in [0.29, 0.717) is 16.7 Å². The Morgan fingerprint density at radius 3 is 2.63 bits per heavy atom. The van der Waals surface area contributed by atoms with Crippen molar-refractivity contribution in [3.05, 3.63) is 73.6 Å². The highest BCUT2D eigenvalue weighted by atomic mass is 35.5. The molecule has 200 valence electrons. The number of anilines is 1. The van der Waals surface area contributed by atoms with Crippen LogP contribution in [-0.4, -0.2) is 19.0 Å². The van der Waals surface area contributed by atoms with Crippen LogP contribution in [0.5, 0.6) is 11.5 Å². The molecule has 0 bridgehead atoms. The van der Waals surface area contributed by atoms with E-state index in [1.165, 1.54) is 29.7 Å². The lowest BCUT2D eigenvalue weighted by Crippen LogP contribution is -2.38. The van der Waals surface area contributed by atoms with E-state index in [4.69, 9.17) is 32.7 Å². The first-order chi connectivity index (χ1) is 18.1. The van der Waals surface area contributed by atoms with Crippen molar-refractivity contribution >= 4 is 51.4 Å². The minimum atomic E-state index is -0.625. The van der Waals surface area contributed by atoms with Crippen molar-refractivity contribution in [3.63, 3.8) is 0 Å². The van der Waals surface area contributed by atoms with Gasteiger partial charge in [0.05, 0.1) is 23.3 Å². The van der Waals surface area contributed by atoms with Gasteiger partial charge in [-0.3, -0.25) is 4.79 Å². The molecule has 1 aliphatic carbocycles. The topological polar surface area (TPSA) is 76.7 Å². The maximum absolute atomic E-state index is 13.2. The average Bonchev–Trinajstić information content (AvgIpc) is 3.27. The van der Waals surface area contributed by atoms with E-state index in [-0.39, 0.29) is 27.7 Å². The van der Waals surface area contributed by atoms with E-state index in [9.17, 15) is 9.59 Å². The van der Waals surface area contributed by atoms with Gasteiger partial charge in [0.15, 0.2) is 11.5 Å². The van der Waals surface area contributed by atoms with Gasteiger partial charge in [-0.1, -0.05) is 56.5 Å². The number of hydrogen-bond acceptors (Lipinski definition) is 6. The number of carbonyl (C=O) groups excluding carboxylic acids is 2. The van der Waals surface area contributed by atoms with Gasteiger partial charge < -0.3 is 20.1 Å². The molecule has 1 aliphatic heterocycles. The number of carbonyl (C=O) groups is 2. The molecule has 0 saturated carbocycles. The number of methoxy groups -OCH3 is 1. The quantitative estimate of drug-likeness (QED) is 0.234. The van der Waals surface area contributed by atoms with Crippen molar-refractivity contribution in [2.45, 2.75) is 52.6 Å². The highest BCUT2D eigenvalue weighted by Crippen LogP contribution is 2.47. The Morgan fingerprint density at radius 1 is 1.13 bits per heavy atom. The fourth-order valence-electron chi connectivity index (χ4n) is 5.18. The normalized spacial score (nSPS) is 18.6. The smallest absolute Gasteiger partial charge is 0.345 e. The highest BCUT2D eigenvalue weighted by Gasteiger charge is 2.37. The molecule has 6 nitrogen and oxygen atoms in total. The molecule has 2 aliphatic rings. The Balaban J connectivity index is 1.36. The second kappa shape index (κ2) is 10.4. The summed E-state index contributed by atoms with van der Waals surface area (Å²) in [6.07, 6.45) is 3.74. The van der Waals surface area contributed by atoms with Crippen LogP contribution in [-0.2, 0) is 12.8 Å². The van der Waals surface area contributed by atoms with Crippen LogP contribution in [0.1, 0.15) is 76.5 Å². The summed E-state index contributed by atoms with van der Waals surface area (Å²) in [7, 11) is 1.50. The van der Waals surface area contributed by atoms with Crippen molar-refractivity contribution in [1.82, 2.24) is 5.32 Å². The van der Waals surface area contributed by atoms with Crippen LogP contribution in [0.15, 0.2) is 36.4 Å². The summed E-state index contributed by atoms with van der Waals surface area (Å²) in [4.78, 5) is 27.3. The van der Waals surface area contributed by atoms with Crippen LogP contribution < -0.4 is 20.1 Å². The van der Waals surface area contributed by atoms with Gasteiger partial charge in [-0.15, -0.1) is 11.3 Å². The summed E-state index contributed by atoms with van der Waals surface area (Å²) in [5.41, 5.74) is 3.23. The Labute approximate surface area is 236 Å². The Hall–Kier alpha value is -2.74. The van der Waals surface area contributed by atoms with E-state index in [2.05, 4.69) is 31.4 Å². The van der Waals surface area contributed by atoms with E-state index in [0.717, 1.165) is 41.8 Å². The van der Waals surface area contributed by atoms with Gasteiger partial charge in [-0.25, -0.2) is 4.79 Å². The van der Waals surface area contributed by atoms with Crippen molar-refractivity contribution in [2.24, 2.45) is 11.3 Å². The van der Waals surface area contributed by atoms with E-state index in [1.54, 1.807) is 35.6 Å². The van der Waals surface area contributed by atoms with Gasteiger partial charge in [0.1, 0.15) is 11.2 Å². The molecule has 1 aromatic heterocycles. The molecule has 3 aromatic rings. The first-order valence-corrected chi connectivity index (χ1v) is 14.3. The number of amides is 1. The Morgan fingerprint density at radius 2 is 1.92 bits per heavy atom. The van der Waals surface area contributed by atoms with E-state index in [1.807, 2.05) is 0 Å². The molecule has 2 atom stereocenters. The maximum Gasteiger partial charge on any atom is 0.345 e. The summed E-state index contributed by atoms with van der Waals surface area (Å²) in [6, 6.07) is 9.77. The summed E-state index contributed by atoms with van der Waals surface area (Å²) in [6.45, 7) is 6.94. The number of fused-ring (bicyclic) bond motifs is 3. The van der Waals surface area contributed by atoms with Crippen molar-refractivity contribution in [1.29, 1.82) is 0 Å². The van der Waals surface area contributed by atoms with Crippen LogP contribution in [0.25, 0.3) is 0 Å². The number of benzene rings is 2. The van der Waals surface area contributed by atoms with Crippen LogP contribution >= 0.6 is 34.5 Å². The van der Waals surface area contributed by atoms with Crippen LogP contribution in [0, 0.1) is 11.3 Å². The zero-order chi connectivity index (χ0) is 27.2. The van der Waals surface area contributed by atoms with Gasteiger partial charge in [0.2, 0.25) is 0 Å². The lowest BCUT2D eigenvalue weighted by molar-refractivity contribution is 0.0729. The number of rotatable bonds is 6. The second-order valence-corrected chi connectivity index (χ2v) is 12.4. The fraction of sp³-hybridized carbons (Fsp3) is 0.379. The summed E-state index contributed by atoms with van der Waals surface area (Å²) < 4.78 is 11.1. The third-order valence-electron chi connectivity index (χ3n) is 7.93. The van der Waals surface area contributed by atoms with Gasteiger partial charge in [-0.2, -0.15) is 0 Å². The number of ether oxygens (including phenoxy) is 2. The molecule has 0 unspecified atom stereocenters. The number of halogens is 2. The minimum Gasteiger partial charge on any atom is -0.493 e. The van der Waals surface area contributed by atoms with E-state index < -0.39 is 12.1 Å². The average molecular weight is 574 g/mol. The monoisotopic (exact) mass is 572 g/mol. The zero-order valence-electron chi connectivity index (χ0n) is 21.7. The molecule has 38 heavy (non-hydrogen) atoms. The molecule has 2 N–H and O–H groups in total. The predicted molar refractivity (Wildman–Crippen MR) is 152 cm³/mol. The van der Waals surface area contributed by atoms with E-state index >= 15 is 0 Å². The molecule has 2 heterocycles. The second-order valence-electron chi connectivity index (χ2n) is 10.5. The molecule has 2 aromatic carbocycles. The SMILES string of the molecule is CCC(C)(C)[C@H]1CCc2c(sc3c2C(=O)N[C@@H](c2ccc(OC(=O)c4ccc(Cl)cc4Cl)c(OC)c2)N3)C1. The van der Waals surface area contributed by atoms with Gasteiger partial charge >= 0.3 is 5.97 Å². The molecule has 0 saturated heterocycles. The molecule has 0 fully saturated rings. The molecule has 5 rings (SSSR count). The molecule has 9 heteroatoms. The third-order valence-corrected chi connectivity index (χ3v) is 9.67. The maximum atomic E-state index is 13.2. The summed E-state index contributed by atoms with van der Waals surface area (Å²) in [5, 5.41) is 8.14. The lowest BCUT2D eigenvalue weighted by atomic mass is 9.69. The summed E-state index contributed by atoms with van der Waals surface area (Å²) >= 11 is 13.8. The van der Waals surface area contributed by atoms with Gasteiger partial charge in [-0.05, 0) is 72.1 Å². The van der Waals surface area contributed by atoms with Crippen LogP contribution in [0.2, 0.25) is 10.0 Å². The Bertz CT molecular complexity index is 1420. The number of esters is 1. The third kappa shape index (κ3) is 4.99.